The molecule has 1 N–H and O–H groups in total. The molecule has 0 bridgehead atoms. The summed E-state index contributed by atoms with van der Waals surface area (Å²) in [5.74, 6) is 0.266. The first kappa shape index (κ1) is 10.0. The van der Waals surface area contributed by atoms with Gasteiger partial charge in [-0.2, -0.15) is 0 Å². The SMILES string of the molecule is CC(C)(C)Cc1cn2cc(O)ccc2n1. The van der Waals surface area contributed by atoms with Gasteiger partial charge >= 0.3 is 0 Å². The lowest BCUT2D eigenvalue weighted by atomic mass is 9.91. The third-order valence-electron chi connectivity index (χ3n) is 2.20. The average Bonchev–Trinajstić information content (AvgIpc) is 2.42. The highest BCUT2D eigenvalue weighted by molar-refractivity contribution is 5.42. The highest BCUT2D eigenvalue weighted by atomic mass is 16.3. The summed E-state index contributed by atoms with van der Waals surface area (Å²) in [5, 5.41) is 9.32. The number of rotatable bonds is 1. The molecule has 3 heteroatoms. The molecule has 0 aliphatic heterocycles. The molecule has 0 aromatic carbocycles. The van der Waals surface area contributed by atoms with Crippen molar-refractivity contribution in [2.75, 3.05) is 0 Å². The van der Waals surface area contributed by atoms with E-state index in [4.69, 9.17) is 0 Å². The zero-order valence-electron chi connectivity index (χ0n) is 9.36. The molecule has 0 fully saturated rings. The van der Waals surface area contributed by atoms with Gasteiger partial charge < -0.3 is 9.51 Å². The van der Waals surface area contributed by atoms with Crippen LogP contribution in [0.5, 0.6) is 5.75 Å². The summed E-state index contributed by atoms with van der Waals surface area (Å²) in [7, 11) is 0. The quantitative estimate of drug-likeness (QED) is 0.775. The normalized spacial score (nSPS) is 12.2. The number of hydrogen-bond acceptors (Lipinski definition) is 2. The topological polar surface area (TPSA) is 37.5 Å². The van der Waals surface area contributed by atoms with E-state index in [2.05, 4.69) is 25.8 Å². The van der Waals surface area contributed by atoms with E-state index in [0.29, 0.717) is 0 Å². The largest absolute Gasteiger partial charge is 0.506 e. The van der Waals surface area contributed by atoms with Crippen LogP contribution < -0.4 is 0 Å². The van der Waals surface area contributed by atoms with E-state index in [-0.39, 0.29) is 11.2 Å². The van der Waals surface area contributed by atoms with Crippen molar-refractivity contribution in [1.82, 2.24) is 9.38 Å². The van der Waals surface area contributed by atoms with Crippen LogP contribution >= 0.6 is 0 Å². The minimum atomic E-state index is 0.236. The van der Waals surface area contributed by atoms with E-state index in [9.17, 15) is 5.11 Å². The number of fused-ring (bicyclic) bond motifs is 1. The highest BCUT2D eigenvalue weighted by Crippen LogP contribution is 2.21. The Hall–Kier alpha value is -1.51. The Morgan fingerprint density at radius 2 is 2.00 bits per heavy atom. The number of aromatic hydroxyl groups is 1. The second-order valence-electron chi connectivity index (χ2n) is 5.12. The molecule has 0 unspecified atom stereocenters. The lowest BCUT2D eigenvalue weighted by molar-refractivity contribution is 0.407. The number of nitrogens with zero attached hydrogens (tertiary/aromatic N) is 2. The number of pyridine rings is 1. The summed E-state index contributed by atoms with van der Waals surface area (Å²) in [6.45, 7) is 6.57. The number of hydrogen-bond donors (Lipinski definition) is 1. The van der Waals surface area contributed by atoms with Gasteiger partial charge in [-0.25, -0.2) is 4.98 Å². The zero-order chi connectivity index (χ0) is 11.1. The monoisotopic (exact) mass is 204 g/mol. The smallest absolute Gasteiger partial charge is 0.137 e. The van der Waals surface area contributed by atoms with Gasteiger partial charge in [0.1, 0.15) is 11.4 Å². The van der Waals surface area contributed by atoms with Gasteiger partial charge in [0.15, 0.2) is 0 Å². The van der Waals surface area contributed by atoms with E-state index >= 15 is 0 Å². The van der Waals surface area contributed by atoms with Gasteiger partial charge in [0, 0.05) is 6.20 Å². The second kappa shape index (κ2) is 3.26. The Bertz CT molecular complexity index is 480. The molecule has 0 amide bonds. The van der Waals surface area contributed by atoms with Crippen LogP contribution in [-0.2, 0) is 6.42 Å². The molecule has 2 aromatic heterocycles. The summed E-state index contributed by atoms with van der Waals surface area (Å²) in [6.07, 6.45) is 4.59. The fraction of sp³-hybridized carbons (Fsp3) is 0.417. The van der Waals surface area contributed by atoms with Crippen molar-refractivity contribution < 1.29 is 5.11 Å². The van der Waals surface area contributed by atoms with E-state index in [1.54, 1.807) is 12.3 Å². The first-order chi connectivity index (χ1) is 6.94. The molecular formula is C12H16N2O. The molecular weight excluding hydrogens is 188 g/mol. The van der Waals surface area contributed by atoms with E-state index in [1.807, 2.05) is 16.7 Å². The van der Waals surface area contributed by atoms with Crippen LogP contribution in [0.2, 0.25) is 0 Å². The van der Waals surface area contributed by atoms with Crippen LogP contribution in [0, 0.1) is 5.41 Å². The van der Waals surface area contributed by atoms with Crippen molar-refractivity contribution in [3.63, 3.8) is 0 Å². The maximum atomic E-state index is 9.32. The fourth-order valence-electron chi connectivity index (χ4n) is 1.66. The van der Waals surface area contributed by atoms with Gasteiger partial charge in [0.2, 0.25) is 0 Å². The number of aromatic nitrogens is 2. The third-order valence-corrected chi connectivity index (χ3v) is 2.20. The van der Waals surface area contributed by atoms with Crippen molar-refractivity contribution in [1.29, 1.82) is 0 Å². The molecule has 2 rings (SSSR count). The van der Waals surface area contributed by atoms with Gasteiger partial charge in [0.25, 0.3) is 0 Å². The highest BCUT2D eigenvalue weighted by Gasteiger charge is 2.13. The van der Waals surface area contributed by atoms with E-state index in [1.165, 1.54) is 0 Å². The van der Waals surface area contributed by atoms with Gasteiger partial charge in [0.05, 0.1) is 11.9 Å². The van der Waals surface area contributed by atoms with Crippen LogP contribution in [0.15, 0.2) is 24.5 Å². The standard InChI is InChI=1S/C12H16N2O/c1-12(2,3)6-9-7-14-8-10(15)4-5-11(14)13-9/h4-5,7-8,15H,6H2,1-3H3. The molecule has 0 aliphatic carbocycles. The van der Waals surface area contributed by atoms with Crippen molar-refractivity contribution >= 4 is 5.65 Å². The van der Waals surface area contributed by atoms with Crippen molar-refractivity contribution in [2.45, 2.75) is 27.2 Å². The third kappa shape index (κ3) is 2.29. The molecule has 0 radical (unpaired) electrons. The zero-order valence-corrected chi connectivity index (χ0v) is 9.36. The van der Waals surface area contributed by atoms with Crippen LogP contribution in [0.4, 0.5) is 0 Å². The minimum Gasteiger partial charge on any atom is -0.506 e. The van der Waals surface area contributed by atoms with Crippen molar-refractivity contribution in [2.24, 2.45) is 5.41 Å². The molecule has 3 nitrogen and oxygen atoms in total. The van der Waals surface area contributed by atoms with Crippen LogP contribution in [0.3, 0.4) is 0 Å². The van der Waals surface area contributed by atoms with Gasteiger partial charge in [-0.05, 0) is 24.0 Å². The van der Waals surface area contributed by atoms with E-state index < -0.39 is 0 Å². The Kier molecular flexibility index (Phi) is 2.18. The molecule has 15 heavy (non-hydrogen) atoms. The van der Waals surface area contributed by atoms with Crippen molar-refractivity contribution in [3.8, 4) is 5.75 Å². The lowest BCUT2D eigenvalue weighted by Crippen LogP contribution is -2.09. The Morgan fingerprint density at radius 3 is 2.67 bits per heavy atom. The molecule has 2 aromatic rings. The summed E-state index contributed by atoms with van der Waals surface area (Å²) < 4.78 is 1.86. The maximum Gasteiger partial charge on any atom is 0.137 e. The first-order valence-electron chi connectivity index (χ1n) is 5.11. The summed E-state index contributed by atoms with van der Waals surface area (Å²) in [5.41, 5.74) is 2.18. The molecule has 0 spiro atoms. The van der Waals surface area contributed by atoms with Gasteiger partial charge in [-0.1, -0.05) is 20.8 Å². The molecule has 0 saturated carbocycles. The Morgan fingerprint density at radius 1 is 1.27 bits per heavy atom. The second-order valence-corrected chi connectivity index (χ2v) is 5.12. The number of imidazole rings is 1. The van der Waals surface area contributed by atoms with Crippen LogP contribution in [0.1, 0.15) is 26.5 Å². The molecule has 0 atom stereocenters. The Labute approximate surface area is 89.4 Å². The van der Waals surface area contributed by atoms with Crippen LogP contribution in [-0.4, -0.2) is 14.5 Å². The van der Waals surface area contributed by atoms with Gasteiger partial charge in [-0.3, -0.25) is 0 Å². The lowest BCUT2D eigenvalue weighted by Gasteiger charge is -2.15. The fourth-order valence-corrected chi connectivity index (χ4v) is 1.66. The maximum absolute atomic E-state index is 9.32. The Balaban J connectivity index is 2.39. The van der Waals surface area contributed by atoms with Crippen LogP contribution in [0.25, 0.3) is 5.65 Å². The van der Waals surface area contributed by atoms with Gasteiger partial charge in [-0.15, -0.1) is 0 Å². The predicted molar refractivity (Wildman–Crippen MR) is 60.0 cm³/mol. The minimum absolute atomic E-state index is 0.236. The predicted octanol–water partition coefficient (Wildman–Crippen LogP) is 2.63. The summed E-state index contributed by atoms with van der Waals surface area (Å²) >= 11 is 0. The molecule has 2 heterocycles. The molecule has 0 aliphatic rings. The average molecular weight is 204 g/mol. The summed E-state index contributed by atoms with van der Waals surface area (Å²) in [6, 6.07) is 3.48. The summed E-state index contributed by atoms with van der Waals surface area (Å²) in [4.78, 5) is 4.49. The first-order valence-corrected chi connectivity index (χ1v) is 5.11. The van der Waals surface area contributed by atoms with E-state index in [0.717, 1.165) is 17.8 Å². The molecule has 80 valence electrons. The van der Waals surface area contributed by atoms with Crippen molar-refractivity contribution in [3.05, 3.63) is 30.2 Å². The molecule has 0 saturated heterocycles.